The van der Waals surface area contributed by atoms with Crippen LogP contribution in [-0.4, -0.2) is 39.9 Å². The van der Waals surface area contributed by atoms with Crippen LogP contribution in [0.3, 0.4) is 0 Å². The van der Waals surface area contributed by atoms with Gasteiger partial charge in [-0.25, -0.2) is 0 Å². The Hall–Kier alpha value is -0.710. The molecule has 1 spiro atoms. The Morgan fingerprint density at radius 1 is 1.09 bits per heavy atom. The monoisotopic (exact) mass is 444 g/mol. The Morgan fingerprint density at radius 3 is 2.50 bits per heavy atom. The van der Waals surface area contributed by atoms with E-state index in [1.54, 1.807) is 0 Å². The molecule has 0 aromatic heterocycles. The third-order valence-electron chi connectivity index (χ3n) is 11.3. The molecule has 4 aliphatic carbocycles. The summed E-state index contributed by atoms with van der Waals surface area (Å²) in [5.74, 6) is 3.26. The number of carbonyl (C=O) groups excluding carboxylic acids is 1. The van der Waals surface area contributed by atoms with E-state index in [0.717, 1.165) is 37.7 Å². The highest BCUT2D eigenvalue weighted by atomic mass is 16.6. The molecule has 0 aromatic rings. The fourth-order valence-corrected chi connectivity index (χ4v) is 8.57. The van der Waals surface area contributed by atoms with E-state index in [1.165, 1.54) is 12.8 Å². The molecule has 180 valence electrons. The number of aliphatic hydroxyl groups is 2. The van der Waals surface area contributed by atoms with Crippen LogP contribution < -0.4 is 0 Å². The van der Waals surface area contributed by atoms with Crippen molar-refractivity contribution < 1.29 is 19.7 Å². The molecule has 3 fully saturated rings. The van der Waals surface area contributed by atoms with Crippen LogP contribution in [-0.2, 0) is 9.53 Å². The minimum atomic E-state index is -0.830. The number of ketones is 1. The minimum Gasteiger partial charge on any atom is -0.393 e. The van der Waals surface area contributed by atoms with Crippen molar-refractivity contribution in [3.8, 4) is 0 Å². The lowest BCUT2D eigenvalue weighted by atomic mass is 9.50. The number of carbonyl (C=O) groups is 1. The molecule has 0 bridgehead atoms. The van der Waals surface area contributed by atoms with Crippen molar-refractivity contribution in [3.63, 3.8) is 0 Å². The molecule has 1 heterocycles. The zero-order valence-electron chi connectivity index (χ0n) is 21.0. The van der Waals surface area contributed by atoms with E-state index >= 15 is 0 Å². The molecule has 5 aliphatic rings. The first-order valence-electron chi connectivity index (χ1n) is 13.3. The summed E-state index contributed by atoms with van der Waals surface area (Å²) in [6.07, 6.45) is 6.05. The average molecular weight is 445 g/mol. The van der Waals surface area contributed by atoms with Gasteiger partial charge in [-0.05, 0) is 74.5 Å². The Kier molecular flexibility index (Phi) is 5.33. The second-order valence-electron chi connectivity index (χ2n) is 13.0. The molecule has 10 atom stereocenters. The van der Waals surface area contributed by atoms with Gasteiger partial charge in [0.1, 0.15) is 17.8 Å². The molecule has 2 N–H and O–H groups in total. The summed E-state index contributed by atoms with van der Waals surface area (Å²) in [7, 11) is 0. The van der Waals surface area contributed by atoms with Crippen LogP contribution in [0.1, 0.15) is 92.9 Å². The van der Waals surface area contributed by atoms with Crippen LogP contribution in [0.4, 0.5) is 0 Å². The van der Waals surface area contributed by atoms with Crippen LogP contribution in [0, 0.1) is 40.4 Å². The molecule has 4 heteroatoms. The van der Waals surface area contributed by atoms with Gasteiger partial charge in [0.15, 0.2) is 5.78 Å². The molecule has 1 saturated heterocycles. The summed E-state index contributed by atoms with van der Waals surface area (Å²) in [6.45, 7) is 13.8. The third-order valence-corrected chi connectivity index (χ3v) is 11.3. The van der Waals surface area contributed by atoms with Crippen LogP contribution in [0.15, 0.2) is 11.1 Å². The van der Waals surface area contributed by atoms with E-state index in [1.807, 2.05) is 0 Å². The van der Waals surface area contributed by atoms with Gasteiger partial charge in [-0.15, -0.1) is 0 Å². The number of fused-ring (bicyclic) bond motifs is 1. The standard InChI is InChI=1S/C28H44O4/c1-15(2)16(3)13-18-7-8-20(17(18)4)26(5)11-10-21-22(24(26)31)23(30)25-28(32-25)14-19(29)9-12-27(21,28)6/h15-20,23,25,29-30H,7-14H2,1-6H3/t16-,17-,18+,19+,20-,23-,25+,26-,27-,28+/m1/s1. The lowest BCUT2D eigenvalue weighted by Gasteiger charge is -2.52. The lowest BCUT2D eigenvalue weighted by molar-refractivity contribution is -0.131. The molecule has 2 saturated carbocycles. The SMILES string of the molecule is CC(C)[C@H](C)C[C@@H]1CC[C@@H]([C@@]2(C)CCC3=C(C2=O)[C@@H](O)[C@@H]2O[C@@]24C[C@@H](O)CC[C@]34C)[C@@H]1C. The predicted molar refractivity (Wildman–Crippen MR) is 125 cm³/mol. The second-order valence-corrected chi connectivity index (χ2v) is 13.0. The molecule has 0 unspecified atom stereocenters. The first-order chi connectivity index (χ1) is 15.0. The highest BCUT2D eigenvalue weighted by Crippen LogP contribution is 2.69. The topological polar surface area (TPSA) is 70.1 Å². The Morgan fingerprint density at radius 2 is 1.81 bits per heavy atom. The quantitative estimate of drug-likeness (QED) is 0.595. The van der Waals surface area contributed by atoms with Gasteiger partial charge in [0.2, 0.25) is 0 Å². The first kappa shape index (κ1) is 23.1. The highest BCUT2D eigenvalue weighted by Gasteiger charge is 2.76. The van der Waals surface area contributed by atoms with Gasteiger partial charge < -0.3 is 14.9 Å². The molecular formula is C28H44O4. The van der Waals surface area contributed by atoms with Crippen LogP contribution in [0.2, 0.25) is 0 Å². The number of aliphatic hydroxyl groups excluding tert-OH is 2. The molecule has 0 radical (unpaired) electrons. The van der Waals surface area contributed by atoms with E-state index < -0.39 is 11.7 Å². The Labute approximate surface area is 194 Å². The number of epoxide rings is 1. The Bertz CT molecular complexity index is 831. The molecule has 32 heavy (non-hydrogen) atoms. The van der Waals surface area contributed by atoms with Gasteiger partial charge in [0, 0.05) is 22.8 Å². The van der Waals surface area contributed by atoms with Crippen molar-refractivity contribution >= 4 is 5.78 Å². The molecule has 0 aromatic carbocycles. The number of ether oxygens (including phenoxy) is 1. The maximum Gasteiger partial charge on any atom is 0.167 e. The fourth-order valence-electron chi connectivity index (χ4n) is 8.57. The van der Waals surface area contributed by atoms with E-state index in [9.17, 15) is 15.0 Å². The minimum absolute atomic E-state index is 0.206. The van der Waals surface area contributed by atoms with E-state index in [-0.39, 0.29) is 28.8 Å². The van der Waals surface area contributed by atoms with Crippen LogP contribution >= 0.6 is 0 Å². The largest absolute Gasteiger partial charge is 0.393 e. The van der Waals surface area contributed by atoms with Gasteiger partial charge in [0.05, 0.1) is 6.10 Å². The molecule has 1 aliphatic heterocycles. The summed E-state index contributed by atoms with van der Waals surface area (Å²) in [5, 5.41) is 21.6. The van der Waals surface area contributed by atoms with Crippen molar-refractivity contribution in [2.24, 2.45) is 40.4 Å². The van der Waals surface area contributed by atoms with Gasteiger partial charge in [-0.3, -0.25) is 4.79 Å². The summed E-state index contributed by atoms with van der Waals surface area (Å²) in [5.41, 5.74) is 0.786. The maximum absolute atomic E-state index is 14.2. The van der Waals surface area contributed by atoms with Gasteiger partial charge in [0.25, 0.3) is 0 Å². The molecule has 0 amide bonds. The van der Waals surface area contributed by atoms with Crippen molar-refractivity contribution in [1.29, 1.82) is 0 Å². The fraction of sp³-hybridized carbons (Fsp3) is 0.893. The van der Waals surface area contributed by atoms with Crippen LogP contribution in [0.25, 0.3) is 0 Å². The highest BCUT2D eigenvalue weighted by molar-refractivity contribution is 6.03. The van der Waals surface area contributed by atoms with Crippen LogP contribution in [0.5, 0.6) is 0 Å². The summed E-state index contributed by atoms with van der Waals surface area (Å²) in [6, 6.07) is 0. The van der Waals surface area contributed by atoms with Crippen molar-refractivity contribution in [2.75, 3.05) is 0 Å². The molecule has 5 rings (SSSR count). The molecular weight excluding hydrogens is 400 g/mol. The first-order valence-corrected chi connectivity index (χ1v) is 13.3. The van der Waals surface area contributed by atoms with E-state index in [2.05, 4.69) is 41.5 Å². The normalized spacial score (nSPS) is 51.3. The second kappa shape index (κ2) is 7.39. The van der Waals surface area contributed by atoms with E-state index in [0.29, 0.717) is 41.6 Å². The van der Waals surface area contributed by atoms with Crippen molar-refractivity contribution in [2.45, 2.75) is 117 Å². The Balaban J connectivity index is 1.43. The maximum atomic E-state index is 14.2. The summed E-state index contributed by atoms with van der Waals surface area (Å²) >= 11 is 0. The van der Waals surface area contributed by atoms with Crippen molar-refractivity contribution in [1.82, 2.24) is 0 Å². The third kappa shape index (κ3) is 2.94. The summed E-state index contributed by atoms with van der Waals surface area (Å²) in [4.78, 5) is 14.2. The van der Waals surface area contributed by atoms with Gasteiger partial charge in [-0.1, -0.05) is 47.1 Å². The number of rotatable bonds is 4. The average Bonchev–Trinajstić information content (AvgIpc) is 3.35. The zero-order chi connectivity index (χ0) is 23.2. The predicted octanol–water partition coefficient (Wildman–Crippen LogP) is 5.06. The van der Waals surface area contributed by atoms with E-state index in [4.69, 9.17) is 4.74 Å². The number of Topliss-reactive ketones (excluding diaryl/α,β-unsaturated/α-hetero) is 1. The summed E-state index contributed by atoms with van der Waals surface area (Å²) < 4.78 is 6.19. The smallest absolute Gasteiger partial charge is 0.167 e. The molecule has 4 nitrogen and oxygen atoms in total. The number of hydrogen-bond donors (Lipinski definition) is 2. The van der Waals surface area contributed by atoms with Gasteiger partial charge in [-0.2, -0.15) is 0 Å². The number of hydrogen-bond acceptors (Lipinski definition) is 4. The van der Waals surface area contributed by atoms with Gasteiger partial charge >= 0.3 is 0 Å². The zero-order valence-corrected chi connectivity index (χ0v) is 21.0. The van der Waals surface area contributed by atoms with Crippen molar-refractivity contribution in [3.05, 3.63) is 11.1 Å². The lowest BCUT2D eigenvalue weighted by Crippen LogP contribution is -2.56.